The summed E-state index contributed by atoms with van der Waals surface area (Å²) in [5.41, 5.74) is 7.23. The summed E-state index contributed by atoms with van der Waals surface area (Å²) in [6, 6.07) is 0.312. The SMILES string of the molecule is CCOCc1nc(C2CCCC2N)cs1. The van der Waals surface area contributed by atoms with Crippen LogP contribution in [0.2, 0.25) is 0 Å². The van der Waals surface area contributed by atoms with E-state index in [-0.39, 0.29) is 0 Å². The molecule has 0 bridgehead atoms. The largest absolute Gasteiger partial charge is 0.375 e. The van der Waals surface area contributed by atoms with Gasteiger partial charge in [-0.05, 0) is 19.8 Å². The van der Waals surface area contributed by atoms with Crippen LogP contribution in [0, 0.1) is 0 Å². The summed E-state index contributed by atoms with van der Waals surface area (Å²) < 4.78 is 5.34. The minimum atomic E-state index is 0.312. The third-order valence-corrected chi connectivity index (χ3v) is 3.79. The first kappa shape index (κ1) is 11.0. The summed E-state index contributed by atoms with van der Waals surface area (Å²) in [4.78, 5) is 4.59. The van der Waals surface area contributed by atoms with E-state index in [2.05, 4.69) is 10.4 Å². The fraction of sp³-hybridized carbons (Fsp3) is 0.727. The molecule has 2 atom stereocenters. The van der Waals surface area contributed by atoms with E-state index >= 15 is 0 Å². The molecule has 0 aliphatic heterocycles. The highest BCUT2D eigenvalue weighted by atomic mass is 32.1. The van der Waals surface area contributed by atoms with Gasteiger partial charge in [-0.1, -0.05) is 6.42 Å². The number of aromatic nitrogens is 1. The molecule has 1 fully saturated rings. The molecule has 0 spiro atoms. The molecule has 1 aliphatic rings. The average molecular weight is 226 g/mol. The van der Waals surface area contributed by atoms with Crippen LogP contribution in [0.1, 0.15) is 42.8 Å². The molecular formula is C11H18N2OS. The van der Waals surface area contributed by atoms with E-state index in [0.717, 1.165) is 18.0 Å². The Morgan fingerprint density at radius 2 is 2.47 bits per heavy atom. The number of nitrogens with zero attached hydrogens (tertiary/aromatic N) is 1. The maximum Gasteiger partial charge on any atom is 0.119 e. The zero-order valence-corrected chi connectivity index (χ0v) is 9.93. The van der Waals surface area contributed by atoms with Gasteiger partial charge in [0.15, 0.2) is 0 Å². The highest BCUT2D eigenvalue weighted by Crippen LogP contribution is 2.33. The average Bonchev–Trinajstić information content (AvgIpc) is 2.83. The topological polar surface area (TPSA) is 48.1 Å². The molecule has 0 amide bonds. The zero-order valence-electron chi connectivity index (χ0n) is 9.11. The van der Waals surface area contributed by atoms with Gasteiger partial charge in [0.25, 0.3) is 0 Å². The van der Waals surface area contributed by atoms with E-state index in [1.165, 1.54) is 18.5 Å². The Balaban J connectivity index is 1.99. The fourth-order valence-electron chi connectivity index (χ4n) is 2.11. The molecule has 1 heterocycles. The molecule has 3 nitrogen and oxygen atoms in total. The minimum Gasteiger partial charge on any atom is -0.375 e. The second-order valence-corrected chi connectivity index (χ2v) is 4.95. The summed E-state index contributed by atoms with van der Waals surface area (Å²) in [6.07, 6.45) is 3.58. The molecule has 0 aromatic carbocycles. The molecule has 15 heavy (non-hydrogen) atoms. The van der Waals surface area contributed by atoms with Gasteiger partial charge in [0.05, 0.1) is 12.3 Å². The maximum absolute atomic E-state index is 6.05. The van der Waals surface area contributed by atoms with E-state index in [4.69, 9.17) is 10.5 Å². The second kappa shape index (κ2) is 5.05. The normalized spacial score (nSPS) is 26.0. The first-order valence-corrected chi connectivity index (χ1v) is 6.47. The van der Waals surface area contributed by atoms with Gasteiger partial charge in [-0.25, -0.2) is 4.98 Å². The molecule has 1 saturated carbocycles. The van der Waals surface area contributed by atoms with Crippen LogP contribution in [-0.4, -0.2) is 17.6 Å². The van der Waals surface area contributed by atoms with E-state index in [9.17, 15) is 0 Å². The van der Waals surface area contributed by atoms with E-state index in [1.807, 2.05) is 6.92 Å². The van der Waals surface area contributed by atoms with Gasteiger partial charge in [0, 0.05) is 23.9 Å². The zero-order chi connectivity index (χ0) is 10.7. The Kier molecular flexibility index (Phi) is 3.72. The number of nitrogens with two attached hydrogens (primary N) is 1. The number of hydrogen-bond acceptors (Lipinski definition) is 4. The van der Waals surface area contributed by atoms with E-state index < -0.39 is 0 Å². The van der Waals surface area contributed by atoms with E-state index in [1.54, 1.807) is 11.3 Å². The molecule has 1 aliphatic carbocycles. The van der Waals surface area contributed by atoms with Crippen molar-refractivity contribution in [3.8, 4) is 0 Å². The van der Waals surface area contributed by atoms with Crippen LogP contribution in [0.3, 0.4) is 0 Å². The van der Waals surface area contributed by atoms with Crippen molar-refractivity contribution in [1.82, 2.24) is 4.98 Å². The summed E-state index contributed by atoms with van der Waals surface area (Å²) >= 11 is 1.69. The molecule has 0 saturated heterocycles. The molecule has 84 valence electrons. The lowest BCUT2D eigenvalue weighted by molar-refractivity contribution is 0.133. The third kappa shape index (κ3) is 2.56. The lowest BCUT2D eigenvalue weighted by Crippen LogP contribution is -2.22. The van der Waals surface area contributed by atoms with Crippen molar-refractivity contribution >= 4 is 11.3 Å². The van der Waals surface area contributed by atoms with Gasteiger partial charge in [-0.2, -0.15) is 0 Å². The lowest BCUT2D eigenvalue weighted by atomic mass is 10.0. The Hall–Kier alpha value is -0.450. The first-order valence-electron chi connectivity index (χ1n) is 5.59. The molecule has 2 N–H and O–H groups in total. The fourth-order valence-corrected chi connectivity index (χ4v) is 2.90. The predicted octanol–water partition coefficient (Wildman–Crippen LogP) is 2.27. The predicted molar refractivity (Wildman–Crippen MR) is 62.0 cm³/mol. The molecule has 4 heteroatoms. The van der Waals surface area contributed by atoms with Crippen LogP contribution in [0.25, 0.3) is 0 Å². The van der Waals surface area contributed by atoms with Crippen LogP contribution in [0.15, 0.2) is 5.38 Å². The van der Waals surface area contributed by atoms with Crippen molar-refractivity contribution < 1.29 is 4.74 Å². The molecule has 1 aromatic rings. The van der Waals surface area contributed by atoms with Gasteiger partial charge in [0.1, 0.15) is 5.01 Å². The van der Waals surface area contributed by atoms with Crippen LogP contribution in [0.5, 0.6) is 0 Å². The second-order valence-electron chi connectivity index (χ2n) is 4.00. The Morgan fingerprint density at radius 3 is 3.13 bits per heavy atom. The van der Waals surface area contributed by atoms with Gasteiger partial charge in [0.2, 0.25) is 0 Å². The summed E-state index contributed by atoms with van der Waals surface area (Å²) in [5.74, 6) is 0.483. The smallest absolute Gasteiger partial charge is 0.119 e. The number of rotatable bonds is 4. The number of hydrogen-bond donors (Lipinski definition) is 1. The van der Waals surface area contributed by atoms with Gasteiger partial charge in [-0.15, -0.1) is 11.3 Å². The Morgan fingerprint density at radius 1 is 1.60 bits per heavy atom. The number of thiazole rings is 1. The van der Waals surface area contributed by atoms with Crippen molar-refractivity contribution in [1.29, 1.82) is 0 Å². The third-order valence-electron chi connectivity index (χ3n) is 2.95. The van der Waals surface area contributed by atoms with Gasteiger partial charge in [-0.3, -0.25) is 0 Å². The molecule has 2 unspecified atom stereocenters. The van der Waals surface area contributed by atoms with Crippen LogP contribution in [0.4, 0.5) is 0 Å². The van der Waals surface area contributed by atoms with Crippen LogP contribution >= 0.6 is 11.3 Å². The lowest BCUT2D eigenvalue weighted by Gasteiger charge is -2.11. The number of ether oxygens (including phenoxy) is 1. The summed E-state index contributed by atoms with van der Waals surface area (Å²) in [7, 11) is 0. The van der Waals surface area contributed by atoms with Crippen molar-refractivity contribution in [3.05, 3.63) is 16.1 Å². The summed E-state index contributed by atoms with van der Waals surface area (Å²) in [5, 5.41) is 3.22. The standard InChI is InChI=1S/C11H18N2OS/c1-2-14-6-11-13-10(7-15-11)8-4-3-5-9(8)12/h7-9H,2-6,12H2,1H3. The van der Waals surface area contributed by atoms with Crippen LogP contribution in [-0.2, 0) is 11.3 Å². The minimum absolute atomic E-state index is 0.312. The molecule has 0 radical (unpaired) electrons. The van der Waals surface area contributed by atoms with Crippen molar-refractivity contribution in [2.75, 3.05) is 6.61 Å². The molecular weight excluding hydrogens is 208 g/mol. The van der Waals surface area contributed by atoms with Crippen LogP contribution < -0.4 is 5.73 Å². The maximum atomic E-state index is 6.05. The summed E-state index contributed by atoms with van der Waals surface area (Å²) in [6.45, 7) is 3.39. The highest BCUT2D eigenvalue weighted by molar-refractivity contribution is 7.09. The van der Waals surface area contributed by atoms with E-state index in [0.29, 0.717) is 18.6 Å². The van der Waals surface area contributed by atoms with Crippen molar-refractivity contribution in [2.45, 2.75) is 44.8 Å². The van der Waals surface area contributed by atoms with Crippen molar-refractivity contribution in [2.24, 2.45) is 5.73 Å². The first-order chi connectivity index (χ1) is 7.31. The quantitative estimate of drug-likeness (QED) is 0.856. The molecule has 1 aromatic heterocycles. The monoisotopic (exact) mass is 226 g/mol. The Bertz CT molecular complexity index is 313. The Labute approximate surface area is 94.7 Å². The van der Waals surface area contributed by atoms with Gasteiger partial charge >= 0.3 is 0 Å². The van der Waals surface area contributed by atoms with Crippen molar-refractivity contribution in [3.63, 3.8) is 0 Å². The molecule has 2 rings (SSSR count). The highest BCUT2D eigenvalue weighted by Gasteiger charge is 2.27. The van der Waals surface area contributed by atoms with Gasteiger partial charge < -0.3 is 10.5 Å².